The maximum Gasteiger partial charge on any atom is 0.253 e. The summed E-state index contributed by atoms with van der Waals surface area (Å²) in [5.74, 6) is 0.0156. The zero-order valence-corrected chi connectivity index (χ0v) is 16.9. The molecule has 0 fully saturated rings. The second kappa shape index (κ2) is 9.33. The van der Waals surface area contributed by atoms with Crippen LogP contribution in [0, 0.1) is 0 Å². The number of amides is 1. The van der Waals surface area contributed by atoms with E-state index in [0.717, 1.165) is 30.9 Å². The van der Waals surface area contributed by atoms with Crippen molar-refractivity contribution in [3.8, 4) is 5.69 Å². The number of carbonyl (C=O) groups is 1. The minimum Gasteiger partial charge on any atom is -0.337 e. The van der Waals surface area contributed by atoms with E-state index in [1.165, 1.54) is 5.56 Å². The van der Waals surface area contributed by atoms with Crippen LogP contribution in [0.3, 0.4) is 0 Å². The molecule has 3 rings (SSSR count). The Kier molecular flexibility index (Phi) is 6.61. The quantitative estimate of drug-likeness (QED) is 0.597. The number of aromatic nitrogens is 2. The van der Waals surface area contributed by atoms with E-state index in [4.69, 9.17) is 0 Å². The van der Waals surface area contributed by atoms with Crippen molar-refractivity contribution >= 4 is 5.91 Å². The summed E-state index contributed by atoms with van der Waals surface area (Å²) in [4.78, 5) is 16.8. The van der Waals surface area contributed by atoms with Gasteiger partial charge in [0.25, 0.3) is 5.91 Å². The van der Waals surface area contributed by atoms with Crippen molar-refractivity contribution in [2.24, 2.45) is 0 Å². The number of hydrogen-bond acceptors (Lipinski definition) is 3. The number of rotatable bonds is 8. The second-order valence-corrected chi connectivity index (χ2v) is 6.95. The lowest BCUT2D eigenvalue weighted by Gasteiger charge is -2.19. The molecule has 5 heteroatoms. The van der Waals surface area contributed by atoms with Crippen LogP contribution in [0.1, 0.15) is 35.3 Å². The Bertz CT molecular complexity index is 882. The van der Waals surface area contributed by atoms with Crippen LogP contribution in [-0.2, 0) is 13.1 Å². The molecule has 1 amide bonds. The molecular weight excluding hydrogens is 348 g/mol. The molecule has 3 aromatic rings. The first kappa shape index (κ1) is 19.8. The molecule has 5 nitrogen and oxygen atoms in total. The summed E-state index contributed by atoms with van der Waals surface area (Å²) >= 11 is 0. The maximum absolute atomic E-state index is 12.8. The molecule has 0 N–H and O–H groups in total. The van der Waals surface area contributed by atoms with E-state index in [1.807, 2.05) is 78.7 Å². The maximum atomic E-state index is 12.8. The average molecular weight is 377 g/mol. The van der Waals surface area contributed by atoms with Gasteiger partial charge in [-0.15, -0.1) is 0 Å². The number of nitrogens with zero attached hydrogens (tertiary/aromatic N) is 4. The fourth-order valence-electron chi connectivity index (χ4n) is 3.19. The fourth-order valence-corrected chi connectivity index (χ4v) is 3.19. The monoisotopic (exact) mass is 376 g/mol. The van der Waals surface area contributed by atoms with Crippen LogP contribution < -0.4 is 0 Å². The standard InChI is InChI=1S/C23H28N4O/c1-4-26(5-2)17-19-11-13-21(14-12-19)23(28)25(3)16-20-15-24-27(18-20)22-9-7-6-8-10-22/h6-15,18H,4-5,16-17H2,1-3H3. The summed E-state index contributed by atoms with van der Waals surface area (Å²) in [6.07, 6.45) is 3.77. The highest BCUT2D eigenvalue weighted by Crippen LogP contribution is 2.13. The van der Waals surface area contributed by atoms with Gasteiger partial charge < -0.3 is 4.90 Å². The molecular formula is C23H28N4O. The molecule has 0 atom stereocenters. The molecule has 2 aromatic carbocycles. The molecule has 28 heavy (non-hydrogen) atoms. The first-order chi connectivity index (χ1) is 13.6. The third-order valence-electron chi connectivity index (χ3n) is 4.92. The lowest BCUT2D eigenvalue weighted by Crippen LogP contribution is -2.26. The van der Waals surface area contributed by atoms with E-state index in [0.29, 0.717) is 12.1 Å². The summed E-state index contributed by atoms with van der Waals surface area (Å²) in [7, 11) is 1.83. The van der Waals surface area contributed by atoms with Crippen molar-refractivity contribution in [3.63, 3.8) is 0 Å². The van der Waals surface area contributed by atoms with Gasteiger partial charge in [0.1, 0.15) is 0 Å². The van der Waals surface area contributed by atoms with E-state index in [1.54, 1.807) is 4.90 Å². The Morgan fingerprint density at radius 1 is 0.929 bits per heavy atom. The van der Waals surface area contributed by atoms with Crippen LogP contribution in [0.15, 0.2) is 67.0 Å². The van der Waals surface area contributed by atoms with Crippen LogP contribution in [0.4, 0.5) is 0 Å². The van der Waals surface area contributed by atoms with Gasteiger partial charge >= 0.3 is 0 Å². The lowest BCUT2D eigenvalue weighted by molar-refractivity contribution is 0.0785. The molecule has 0 unspecified atom stereocenters. The van der Waals surface area contributed by atoms with Gasteiger partial charge in [0.2, 0.25) is 0 Å². The molecule has 0 saturated carbocycles. The van der Waals surface area contributed by atoms with E-state index in [9.17, 15) is 4.79 Å². The van der Waals surface area contributed by atoms with Gasteiger partial charge in [0.15, 0.2) is 0 Å². The lowest BCUT2D eigenvalue weighted by atomic mass is 10.1. The number of carbonyl (C=O) groups excluding carboxylic acids is 1. The highest BCUT2D eigenvalue weighted by Gasteiger charge is 2.13. The summed E-state index contributed by atoms with van der Waals surface area (Å²) < 4.78 is 1.83. The van der Waals surface area contributed by atoms with Gasteiger partial charge in [-0.25, -0.2) is 4.68 Å². The van der Waals surface area contributed by atoms with E-state index >= 15 is 0 Å². The summed E-state index contributed by atoms with van der Waals surface area (Å²) in [6.45, 7) is 7.81. The predicted molar refractivity (Wildman–Crippen MR) is 112 cm³/mol. The summed E-state index contributed by atoms with van der Waals surface area (Å²) in [6, 6.07) is 17.9. The second-order valence-electron chi connectivity index (χ2n) is 6.95. The average Bonchev–Trinajstić information content (AvgIpc) is 3.21. The molecule has 146 valence electrons. The van der Waals surface area contributed by atoms with E-state index in [2.05, 4.69) is 23.8 Å². The van der Waals surface area contributed by atoms with Gasteiger partial charge in [-0.3, -0.25) is 9.69 Å². The van der Waals surface area contributed by atoms with Crippen LogP contribution in [0.25, 0.3) is 5.69 Å². The largest absolute Gasteiger partial charge is 0.337 e. The van der Waals surface area contributed by atoms with Crippen LogP contribution in [-0.4, -0.2) is 45.6 Å². The Morgan fingerprint density at radius 2 is 1.61 bits per heavy atom. The van der Waals surface area contributed by atoms with E-state index in [-0.39, 0.29) is 5.91 Å². The molecule has 0 aliphatic heterocycles. The zero-order valence-electron chi connectivity index (χ0n) is 16.9. The Labute approximate surface area is 167 Å². The van der Waals surface area contributed by atoms with Crippen molar-refractivity contribution in [2.45, 2.75) is 26.9 Å². The summed E-state index contributed by atoms with van der Waals surface area (Å²) in [5.41, 5.74) is 3.94. The first-order valence-electron chi connectivity index (χ1n) is 9.76. The number of hydrogen-bond donors (Lipinski definition) is 0. The van der Waals surface area contributed by atoms with Gasteiger partial charge in [0.05, 0.1) is 11.9 Å². The van der Waals surface area contributed by atoms with Crippen molar-refractivity contribution < 1.29 is 4.79 Å². The van der Waals surface area contributed by atoms with Crippen molar-refractivity contribution in [1.82, 2.24) is 19.6 Å². The molecule has 0 saturated heterocycles. The SMILES string of the molecule is CCN(CC)Cc1ccc(C(=O)N(C)Cc2cnn(-c3ccccc3)c2)cc1. The topological polar surface area (TPSA) is 41.4 Å². The first-order valence-corrected chi connectivity index (χ1v) is 9.76. The van der Waals surface area contributed by atoms with Gasteiger partial charge in [-0.1, -0.05) is 44.2 Å². The molecule has 0 aliphatic rings. The summed E-state index contributed by atoms with van der Waals surface area (Å²) in [5, 5.41) is 4.40. The minimum absolute atomic E-state index is 0.0156. The van der Waals surface area contributed by atoms with Crippen molar-refractivity contribution in [2.75, 3.05) is 20.1 Å². The number of benzene rings is 2. The number of para-hydroxylation sites is 1. The van der Waals surface area contributed by atoms with Crippen LogP contribution >= 0.6 is 0 Å². The van der Waals surface area contributed by atoms with E-state index < -0.39 is 0 Å². The molecule has 0 spiro atoms. The molecule has 0 aliphatic carbocycles. The molecule has 0 bridgehead atoms. The van der Waals surface area contributed by atoms with Crippen molar-refractivity contribution in [3.05, 3.63) is 83.7 Å². The van der Waals surface area contributed by atoms with Crippen LogP contribution in [0.5, 0.6) is 0 Å². The molecule has 1 heterocycles. The normalized spacial score (nSPS) is 11.0. The Hall–Kier alpha value is -2.92. The smallest absolute Gasteiger partial charge is 0.253 e. The van der Waals surface area contributed by atoms with Crippen molar-refractivity contribution in [1.29, 1.82) is 0 Å². The zero-order chi connectivity index (χ0) is 19.9. The third-order valence-corrected chi connectivity index (χ3v) is 4.92. The highest BCUT2D eigenvalue weighted by molar-refractivity contribution is 5.94. The molecule has 1 aromatic heterocycles. The predicted octanol–water partition coefficient (Wildman–Crippen LogP) is 3.99. The highest BCUT2D eigenvalue weighted by atomic mass is 16.2. The fraction of sp³-hybridized carbons (Fsp3) is 0.304. The van der Waals surface area contributed by atoms with Gasteiger partial charge in [-0.2, -0.15) is 5.10 Å². The van der Waals surface area contributed by atoms with Gasteiger partial charge in [-0.05, 0) is 42.9 Å². The minimum atomic E-state index is 0.0156. The van der Waals surface area contributed by atoms with Gasteiger partial charge in [0, 0.05) is 37.5 Å². The Morgan fingerprint density at radius 3 is 2.25 bits per heavy atom. The Balaban J connectivity index is 1.62. The molecule has 0 radical (unpaired) electrons. The third kappa shape index (κ3) is 4.87. The van der Waals surface area contributed by atoms with Crippen LogP contribution in [0.2, 0.25) is 0 Å².